The van der Waals surface area contributed by atoms with E-state index in [9.17, 15) is 13.2 Å². The Morgan fingerprint density at radius 2 is 1.79 bits per heavy atom. The number of benzene rings is 2. The Balaban J connectivity index is 1.72. The third-order valence-electron chi connectivity index (χ3n) is 3.95. The second-order valence-electron chi connectivity index (χ2n) is 6.03. The fourth-order valence-corrected chi connectivity index (χ4v) is 4.82. The van der Waals surface area contributed by atoms with Crippen molar-refractivity contribution in [1.82, 2.24) is 14.9 Å². The average molecular weight is 437 g/mol. The Labute approximate surface area is 171 Å². The molecule has 3 aromatic rings. The zero-order valence-electron chi connectivity index (χ0n) is 15.0. The number of nitrogens with one attached hydrogen (secondary N) is 2. The molecule has 0 saturated carbocycles. The summed E-state index contributed by atoms with van der Waals surface area (Å²) in [5.74, 6) is -0.432. The molecule has 1 heterocycles. The van der Waals surface area contributed by atoms with Gasteiger partial charge in [-0.15, -0.1) is 10.2 Å². The van der Waals surface area contributed by atoms with Crippen LogP contribution in [0.5, 0.6) is 0 Å². The number of sulfonamides is 1. The molecule has 0 aliphatic rings. The van der Waals surface area contributed by atoms with Crippen LogP contribution in [-0.4, -0.2) is 24.5 Å². The van der Waals surface area contributed by atoms with Gasteiger partial charge < -0.3 is 0 Å². The van der Waals surface area contributed by atoms with Gasteiger partial charge in [-0.3, -0.25) is 10.1 Å². The SMILES string of the molecule is Cc1ccccc1[C@@H](C)NS(=O)(=O)c1nnc(NC(=O)c2ccc(Cl)cc2)s1. The summed E-state index contributed by atoms with van der Waals surface area (Å²) in [6.45, 7) is 3.67. The Hall–Kier alpha value is -2.33. The topological polar surface area (TPSA) is 101 Å². The molecule has 7 nitrogen and oxygen atoms in total. The van der Waals surface area contributed by atoms with Crippen molar-refractivity contribution in [3.05, 3.63) is 70.2 Å². The first-order valence-electron chi connectivity index (χ1n) is 8.24. The number of hydrogen-bond donors (Lipinski definition) is 2. The van der Waals surface area contributed by atoms with Crippen molar-refractivity contribution in [3.63, 3.8) is 0 Å². The van der Waals surface area contributed by atoms with Gasteiger partial charge in [0.25, 0.3) is 15.9 Å². The quantitative estimate of drug-likeness (QED) is 0.572. The molecule has 0 fully saturated rings. The standard InChI is InChI=1S/C18H17ClN4O3S2/c1-11-5-3-4-6-15(11)12(2)23-28(25,26)18-22-21-17(27-18)20-16(24)13-7-9-14(19)10-8-13/h3-10,12,23H,1-2H3,(H,20,21,24)/t12-/m1/s1. The maximum atomic E-state index is 12.6. The highest BCUT2D eigenvalue weighted by atomic mass is 35.5. The Kier molecular flexibility index (Phi) is 6.09. The van der Waals surface area contributed by atoms with E-state index in [1.807, 2.05) is 31.2 Å². The summed E-state index contributed by atoms with van der Waals surface area (Å²) in [6, 6.07) is 13.4. The molecule has 3 rings (SSSR count). The van der Waals surface area contributed by atoms with Crippen LogP contribution in [0.3, 0.4) is 0 Å². The molecule has 0 saturated heterocycles. The Morgan fingerprint density at radius 1 is 1.11 bits per heavy atom. The van der Waals surface area contributed by atoms with Crippen molar-refractivity contribution in [3.8, 4) is 0 Å². The number of halogens is 1. The van der Waals surface area contributed by atoms with E-state index in [-0.39, 0.29) is 9.47 Å². The average Bonchev–Trinajstić information content (AvgIpc) is 3.11. The maximum Gasteiger partial charge on any atom is 0.270 e. The highest BCUT2D eigenvalue weighted by Gasteiger charge is 2.24. The first-order valence-corrected chi connectivity index (χ1v) is 10.9. The van der Waals surface area contributed by atoms with Crippen LogP contribution in [0, 0.1) is 6.92 Å². The number of anilines is 1. The van der Waals surface area contributed by atoms with E-state index >= 15 is 0 Å². The predicted octanol–water partition coefficient (Wildman–Crippen LogP) is 3.79. The first-order chi connectivity index (χ1) is 13.3. The molecule has 28 heavy (non-hydrogen) atoms. The normalized spacial score (nSPS) is 12.5. The van der Waals surface area contributed by atoms with E-state index < -0.39 is 22.0 Å². The van der Waals surface area contributed by atoms with Crippen molar-refractivity contribution < 1.29 is 13.2 Å². The molecule has 2 N–H and O–H groups in total. The summed E-state index contributed by atoms with van der Waals surface area (Å²) in [4.78, 5) is 12.2. The second-order valence-corrected chi connectivity index (χ2v) is 9.34. The van der Waals surface area contributed by atoms with Crippen LogP contribution in [0.15, 0.2) is 52.9 Å². The largest absolute Gasteiger partial charge is 0.296 e. The molecule has 146 valence electrons. The highest BCUT2D eigenvalue weighted by Crippen LogP contribution is 2.24. The van der Waals surface area contributed by atoms with Crippen LogP contribution in [0.1, 0.15) is 34.5 Å². The van der Waals surface area contributed by atoms with E-state index in [4.69, 9.17) is 11.6 Å². The Morgan fingerprint density at radius 3 is 2.46 bits per heavy atom. The molecule has 0 unspecified atom stereocenters. The minimum Gasteiger partial charge on any atom is -0.296 e. The number of carbonyl (C=O) groups is 1. The lowest BCUT2D eigenvalue weighted by Gasteiger charge is -2.15. The number of carbonyl (C=O) groups excluding carboxylic acids is 1. The summed E-state index contributed by atoms with van der Waals surface area (Å²) in [5.41, 5.74) is 2.22. The summed E-state index contributed by atoms with van der Waals surface area (Å²) < 4.78 is 27.6. The number of aromatic nitrogens is 2. The number of aryl methyl sites for hydroxylation is 1. The molecule has 0 radical (unpaired) electrons. The minimum absolute atomic E-state index is 0.0869. The van der Waals surface area contributed by atoms with Crippen LogP contribution in [0.2, 0.25) is 5.02 Å². The third-order valence-corrected chi connectivity index (χ3v) is 6.95. The molecular formula is C18H17ClN4O3S2. The smallest absolute Gasteiger partial charge is 0.270 e. The number of nitrogens with zero attached hydrogens (tertiary/aromatic N) is 2. The van der Waals surface area contributed by atoms with Gasteiger partial charge in [-0.1, -0.05) is 47.2 Å². The minimum atomic E-state index is -3.88. The fraction of sp³-hybridized carbons (Fsp3) is 0.167. The van der Waals surface area contributed by atoms with Gasteiger partial charge >= 0.3 is 0 Å². The van der Waals surface area contributed by atoms with Gasteiger partial charge in [0.15, 0.2) is 0 Å². The van der Waals surface area contributed by atoms with Crippen molar-refractivity contribution in [2.45, 2.75) is 24.2 Å². The zero-order chi connectivity index (χ0) is 20.3. The van der Waals surface area contributed by atoms with Crippen LogP contribution >= 0.6 is 22.9 Å². The lowest BCUT2D eigenvalue weighted by Crippen LogP contribution is -2.27. The number of amides is 1. The van der Waals surface area contributed by atoms with Crippen molar-refractivity contribution >= 4 is 44.0 Å². The van der Waals surface area contributed by atoms with Gasteiger partial charge in [-0.05, 0) is 49.2 Å². The predicted molar refractivity (Wildman–Crippen MR) is 109 cm³/mol. The summed E-state index contributed by atoms with van der Waals surface area (Å²) in [6.07, 6.45) is 0. The van der Waals surface area contributed by atoms with Crippen LogP contribution < -0.4 is 10.0 Å². The van der Waals surface area contributed by atoms with Gasteiger partial charge in [0.05, 0.1) is 0 Å². The van der Waals surface area contributed by atoms with E-state index in [0.717, 1.165) is 22.5 Å². The zero-order valence-corrected chi connectivity index (χ0v) is 17.4. The summed E-state index contributed by atoms with van der Waals surface area (Å²) in [7, 11) is -3.88. The highest BCUT2D eigenvalue weighted by molar-refractivity contribution is 7.91. The molecular weight excluding hydrogens is 420 g/mol. The van der Waals surface area contributed by atoms with E-state index in [2.05, 4.69) is 20.2 Å². The molecule has 0 spiro atoms. The van der Waals surface area contributed by atoms with Crippen molar-refractivity contribution in [1.29, 1.82) is 0 Å². The summed E-state index contributed by atoms with van der Waals surface area (Å²) >= 11 is 6.58. The van der Waals surface area contributed by atoms with E-state index in [1.54, 1.807) is 31.2 Å². The van der Waals surface area contributed by atoms with Gasteiger partial charge in [0.1, 0.15) is 0 Å². The molecule has 1 aromatic heterocycles. The Bertz CT molecular complexity index is 1100. The van der Waals surface area contributed by atoms with Crippen LogP contribution in [0.4, 0.5) is 5.13 Å². The molecule has 1 amide bonds. The van der Waals surface area contributed by atoms with E-state index in [1.165, 1.54) is 0 Å². The van der Waals surface area contributed by atoms with Gasteiger partial charge in [0.2, 0.25) is 9.47 Å². The first kappa shape index (κ1) is 20.4. The number of hydrogen-bond acceptors (Lipinski definition) is 6. The molecule has 0 bridgehead atoms. The monoisotopic (exact) mass is 436 g/mol. The molecule has 0 aliphatic heterocycles. The van der Waals surface area contributed by atoms with Gasteiger partial charge in [0, 0.05) is 16.6 Å². The summed E-state index contributed by atoms with van der Waals surface area (Å²) in [5, 5.41) is 10.6. The lowest BCUT2D eigenvalue weighted by atomic mass is 10.0. The van der Waals surface area contributed by atoms with Gasteiger partial charge in [-0.25, -0.2) is 13.1 Å². The molecule has 2 aromatic carbocycles. The van der Waals surface area contributed by atoms with Crippen LogP contribution in [0.25, 0.3) is 0 Å². The third kappa shape index (κ3) is 4.74. The maximum absolute atomic E-state index is 12.6. The van der Waals surface area contributed by atoms with Crippen LogP contribution in [-0.2, 0) is 10.0 Å². The lowest BCUT2D eigenvalue weighted by molar-refractivity contribution is 0.102. The fourth-order valence-electron chi connectivity index (χ4n) is 2.56. The molecule has 0 aliphatic carbocycles. The molecule has 1 atom stereocenters. The number of rotatable bonds is 6. The van der Waals surface area contributed by atoms with E-state index in [0.29, 0.717) is 10.6 Å². The van der Waals surface area contributed by atoms with Crippen molar-refractivity contribution in [2.24, 2.45) is 0 Å². The van der Waals surface area contributed by atoms with Gasteiger partial charge in [-0.2, -0.15) is 0 Å². The van der Waals surface area contributed by atoms with Crippen molar-refractivity contribution in [2.75, 3.05) is 5.32 Å². The molecule has 10 heteroatoms. The second kappa shape index (κ2) is 8.36.